The van der Waals surface area contributed by atoms with Crippen LogP contribution in [0.2, 0.25) is 0 Å². The largest absolute Gasteiger partial charge is 0.496 e. The monoisotopic (exact) mass is 386 g/mol. The zero-order chi connectivity index (χ0) is 20.6. The molecule has 0 saturated heterocycles. The minimum atomic E-state index is -0.218. The molecular formula is C24H22N2O3. The second kappa shape index (κ2) is 9.37. The molecule has 1 amide bonds. The van der Waals surface area contributed by atoms with Gasteiger partial charge < -0.3 is 15.4 Å². The van der Waals surface area contributed by atoms with Crippen LogP contribution in [-0.4, -0.2) is 25.8 Å². The van der Waals surface area contributed by atoms with Crippen molar-refractivity contribution >= 4 is 29.1 Å². The van der Waals surface area contributed by atoms with Gasteiger partial charge in [0.25, 0.3) is 5.91 Å². The third-order valence-corrected chi connectivity index (χ3v) is 4.42. The summed E-state index contributed by atoms with van der Waals surface area (Å²) in [6.07, 6.45) is 3.24. The summed E-state index contributed by atoms with van der Waals surface area (Å²) in [7, 11) is 3.36. The molecular weight excluding hydrogens is 364 g/mol. The molecule has 2 N–H and O–H groups in total. The number of benzene rings is 3. The first-order chi connectivity index (χ1) is 14.1. The highest BCUT2D eigenvalue weighted by atomic mass is 16.5. The number of hydrogen-bond donors (Lipinski definition) is 2. The summed E-state index contributed by atoms with van der Waals surface area (Å²) in [5.41, 5.74) is 3.28. The predicted molar refractivity (Wildman–Crippen MR) is 117 cm³/mol. The molecule has 0 aromatic heterocycles. The predicted octanol–water partition coefficient (Wildman–Crippen LogP) is 4.89. The molecule has 5 nitrogen and oxygen atoms in total. The lowest BCUT2D eigenvalue weighted by atomic mass is 10.1. The fourth-order valence-corrected chi connectivity index (χ4v) is 2.88. The Morgan fingerprint density at radius 2 is 1.59 bits per heavy atom. The van der Waals surface area contributed by atoms with E-state index < -0.39 is 0 Å². The minimum Gasteiger partial charge on any atom is -0.496 e. The Labute approximate surface area is 170 Å². The number of allylic oxidation sites excluding steroid dienone is 1. The quantitative estimate of drug-likeness (QED) is 0.448. The fourth-order valence-electron chi connectivity index (χ4n) is 2.88. The van der Waals surface area contributed by atoms with Crippen molar-refractivity contribution in [2.75, 3.05) is 24.8 Å². The number of ether oxygens (including phenoxy) is 1. The van der Waals surface area contributed by atoms with Gasteiger partial charge in [-0.25, -0.2) is 0 Å². The molecule has 0 aliphatic rings. The molecule has 0 radical (unpaired) electrons. The van der Waals surface area contributed by atoms with E-state index >= 15 is 0 Å². The van der Waals surface area contributed by atoms with Crippen molar-refractivity contribution in [1.82, 2.24) is 0 Å². The average molecular weight is 386 g/mol. The highest BCUT2D eigenvalue weighted by molar-refractivity contribution is 6.09. The standard InChI is InChI=1S/C24H22N2O3/c1-25-21-9-5-4-8-20(21)24(28)26-19-14-11-17(12-15-19)22(27)16-13-18-7-3-6-10-23(18)29-2/h3-16,25H,1-2H3,(H,26,28)/b16-13+. The molecule has 5 heteroatoms. The Balaban J connectivity index is 1.69. The van der Waals surface area contributed by atoms with Gasteiger partial charge in [0.05, 0.1) is 12.7 Å². The average Bonchev–Trinajstić information content (AvgIpc) is 2.78. The minimum absolute atomic E-state index is 0.130. The fraction of sp³-hybridized carbons (Fsp3) is 0.0833. The summed E-state index contributed by atoms with van der Waals surface area (Å²) in [5.74, 6) is 0.357. The molecule has 0 bridgehead atoms. The lowest BCUT2D eigenvalue weighted by molar-refractivity contribution is 0.102. The first-order valence-electron chi connectivity index (χ1n) is 9.16. The Kier molecular flexibility index (Phi) is 6.43. The summed E-state index contributed by atoms with van der Waals surface area (Å²) in [4.78, 5) is 24.9. The van der Waals surface area contributed by atoms with Gasteiger partial charge in [0, 0.05) is 29.5 Å². The molecule has 29 heavy (non-hydrogen) atoms. The van der Waals surface area contributed by atoms with Crippen LogP contribution in [0.3, 0.4) is 0 Å². The van der Waals surface area contributed by atoms with E-state index in [1.165, 1.54) is 6.08 Å². The SMILES string of the molecule is CNc1ccccc1C(=O)Nc1ccc(C(=O)/C=C/c2ccccc2OC)cc1. The number of amides is 1. The van der Waals surface area contributed by atoms with Gasteiger partial charge in [-0.15, -0.1) is 0 Å². The van der Waals surface area contributed by atoms with E-state index in [1.54, 1.807) is 50.6 Å². The maximum atomic E-state index is 12.5. The smallest absolute Gasteiger partial charge is 0.257 e. The van der Waals surface area contributed by atoms with Gasteiger partial charge in [0.15, 0.2) is 5.78 Å². The number of methoxy groups -OCH3 is 1. The van der Waals surface area contributed by atoms with Crippen LogP contribution in [0.4, 0.5) is 11.4 Å². The highest BCUT2D eigenvalue weighted by Crippen LogP contribution is 2.20. The molecule has 0 atom stereocenters. The van der Waals surface area contributed by atoms with Crippen LogP contribution in [-0.2, 0) is 0 Å². The van der Waals surface area contributed by atoms with E-state index in [1.807, 2.05) is 42.5 Å². The molecule has 3 rings (SSSR count). The molecule has 0 aliphatic carbocycles. The third kappa shape index (κ3) is 4.90. The van der Waals surface area contributed by atoms with Crippen LogP contribution in [0.15, 0.2) is 78.9 Å². The summed E-state index contributed by atoms with van der Waals surface area (Å²) >= 11 is 0. The molecule has 0 unspecified atom stereocenters. The second-order valence-corrected chi connectivity index (χ2v) is 6.27. The summed E-state index contributed by atoms with van der Waals surface area (Å²) < 4.78 is 5.28. The van der Waals surface area contributed by atoms with Crippen molar-refractivity contribution in [3.63, 3.8) is 0 Å². The lowest BCUT2D eigenvalue weighted by Gasteiger charge is -2.10. The maximum Gasteiger partial charge on any atom is 0.257 e. The van der Waals surface area contributed by atoms with Crippen LogP contribution < -0.4 is 15.4 Å². The molecule has 0 spiro atoms. The van der Waals surface area contributed by atoms with E-state index in [2.05, 4.69) is 10.6 Å². The van der Waals surface area contributed by atoms with Crippen molar-refractivity contribution < 1.29 is 14.3 Å². The van der Waals surface area contributed by atoms with Crippen molar-refractivity contribution in [2.45, 2.75) is 0 Å². The van der Waals surface area contributed by atoms with Crippen LogP contribution in [0.25, 0.3) is 6.08 Å². The molecule has 0 heterocycles. The highest BCUT2D eigenvalue weighted by Gasteiger charge is 2.10. The Morgan fingerprint density at radius 1 is 0.897 bits per heavy atom. The van der Waals surface area contributed by atoms with Crippen molar-refractivity contribution in [1.29, 1.82) is 0 Å². The number of para-hydroxylation sites is 2. The van der Waals surface area contributed by atoms with Gasteiger partial charge in [-0.1, -0.05) is 30.3 Å². The Morgan fingerprint density at radius 3 is 2.31 bits per heavy atom. The normalized spacial score (nSPS) is 10.6. The summed E-state index contributed by atoms with van der Waals surface area (Å²) in [6, 6.07) is 21.5. The van der Waals surface area contributed by atoms with E-state index in [0.717, 1.165) is 11.3 Å². The van der Waals surface area contributed by atoms with Gasteiger partial charge in [0.1, 0.15) is 5.75 Å². The number of nitrogens with one attached hydrogen (secondary N) is 2. The van der Waals surface area contributed by atoms with Crippen molar-refractivity contribution in [2.24, 2.45) is 0 Å². The lowest BCUT2D eigenvalue weighted by Crippen LogP contribution is -2.14. The summed E-state index contributed by atoms with van der Waals surface area (Å²) in [6.45, 7) is 0. The molecule has 0 saturated carbocycles. The number of carbonyl (C=O) groups excluding carboxylic acids is 2. The zero-order valence-corrected chi connectivity index (χ0v) is 16.3. The molecule has 3 aromatic carbocycles. The number of anilines is 2. The molecule has 146 valence electrons. The maximum absolute atomic E-state index is 12.5. The van der Waals surface area contributed by atoms with Crippen LogP contribution in [0, 0.1) is 0 Å². The van der Waals surface area contributed by atoms with Gasteiger partial charge in [-0.2, -0.15) is 0 Å². The van der Waals surface area contributed by atoms with Gasteiger partial charge in [-0.3, -0.25) is 9.59 Å². The number of carbonyl (C=O) groups is 2. The third-order valence-electron chi connectivity index (χ3n) is 4.42. The first-order valence-corrected chi connectivity index (χ1v) is 9.16. The molecule has 3 aromatic rings. The van der Waals surface area contributed by atoms with Gasteiger partial charge in [0.2, 0.25) is 0 Å². The van der Waals surface area contributed by atoms with E-state index in [9.17, 15) is 9.59 Å². The van der Waals surface area contributed by atoms with E-state index in [-0.39, 0.29) is 11.7 Å². The van der Waals surface area contributed by atoms with Crippen molar-refractivity contribution in [3.8, 4) is 5.75 Å². The number of rotatable bonds is 7. The Bertz CT molecular complexity index is 1040. The number of ketones is 1. The zero-order valence-electron chi connectivity index (χ0n) is 16.3. The van der Waals surface area contributed by atoms with Gasteiger partial charge >= 0.3 is 0 Å². The van der Waals surface area contributed by atoms with Crippen LogP contribution in [0.1, 0.15) is 26.3 Å². The first kappa shape index (κ1) is 19.9. The second-order valence-electron chi connectivity index (χ2n) is 6.27. The van der Waals surface area contributed by atoms with E-state index in [4.69, 9.17) is 4.74 Å². The molecule has 0 fully saturated rings. The number of hydrogen-bond acceptors (Lipinski definition) is 4. The molecule has 0 aliphatic heterocycles. The van der Waals surface area contributed by atoms with Crippen LogP contribution >= 0.6 is 0 Å². The topological polar surface area (TPSA) is 67.4 Å². The summed E-state index contributed by atoms with van der Waals surface area (Å²) in [5, 5.41) is 5.85. The Hall–Kier alpha value is -3.86. The van der Waals surface area contributed by atoms with Crippen LogP contribution in [0.5, 0.6) is 5.75 Å². The van der Waals surface area contributed by atoms with Gasteiger partial charge in [-0.05, 0) is 54.6 Å². The van der Waals surface area contributed by atoms with Crippen molar-refractivity contribution in [3.05, 3.63) is 95.6 Å². The van der Waals surface area contributed by atoms with E-state index in [0.29, 0.717) is 22.6 Å².